The molecule has 1 aromatic heterocycles. The molecule has 0 spiro atoms. The largest absolute Gasteiger partial charge is 0.300 e. The first-order chi connectivity index (χ1) is 11.0. The van der Waals surface area contributed by atoms with Gasteiger partial charge >= 0.3 is 0 Å². The number of fused-ring (bicyclic) bond motifs is 1. The van der Waals surface area contributed by atoms with Gasteiger partial charge in [0.2, 0.25) is 0 Å². The van der Waals surface area contributed by atoms with E-state index in [2.05, 4.69) is 48.1 Å². The maximum Gasteiger partial charge on any atom is 0.134 e. The van der Waals surface area contributed by atoms with Crippen molar-refractivity contribution in [3.05, 3.63) is 70.7 Å². The number of hydrogen-bond donors (Lipinski definition) is 0. The van der Waals surface area contributed by atoms with Gasteiger partial charge < -0.3 is 0 Å². The van der Waals surface area contributed by atoms with Gasteiger partial charge in [0.05, 0.1) is 11.2 Å². The molecule has 1 heterocycles. The summed E-state index contributed by atoms with van der Waals surface area (Å²) in [6.45, 7) is 5.83. The molecule has 3 aromatic rings. The van der Waals surface area contributed by atoms with Crippen LogP contribution in [0.2, 0.25) is 0 Å². The van der Waals surface area contributed by atoms with Crippen LogP contribution in [-0.4, -0.2) is 15.8 Å². The number of carbonyl (C=O) groups is 1. The van der Waals surface area contributed by atoms with E-state index >= 15 is 0 Å². The van der Waals surface area contributed by atoms with Crippen molar-refractivity contribution in [2.45, 2.75) is 33.6 Å². The predicted molar refractivity (Wildman–Crippen MR) is 92.6 cm³/mol. The van der Waals surface area contributed by atoms with Gasteiger partial charge in [-0.1, -0.05) is 24.3 Å². The average molecular weight is 304 g/mol. The van der Waals surface area contributed by atoms with Crippen LogP contribution >= 0.6 is 0 Å². The molecule has 0 aliphatic carbocycles. The molecule has 0 amide bonds. The Hall–Kier alpha value is -2.55. The van der Waals surface area contributed by atoms with Crippen LogP contribution in [0.1, 0.15) is 34.9 Å². The first-order valence-corrected chi connectivity index (χ1v) is 7.81. The first kappa shape index (κ1) is 15.3. The van der Waals surface area contributed by atoms with E-state index in [1.165, 1.54) is 16.7 Å². The van der Waals surface area contributed by atoms with Gasteiger partial charge in [-0.25, -0.2) is 9.97 Å². The number of nitrogens with zero attached hydrogens (tertiary/aromatic N) is 2. The number of hydrogen-bond acceptors (Lipinski definition) is 3. The van der Waals surface area contributed by atoms with E-state index in [1.54, 1.807) is 13.3 Å². The van der Waals surface area contributed by atoms with Crippen molar-refractivity contribution >= 4 is 16.7 Å². The third-order valence-corrected chi connectivity index (χ3v) is 4.15. The van der Waals surface area contributed by atoms with E-state index in [1.807, 2.05) is 12.1 Å². The Balaban J connectivity index is 1.98. The minimum atomic E-state index is 0.181. The monoisotopic (exact) mass is 304 g/mol. The number of benzene rings is 2. The number of ketones is 1. The molecule has 0 unspecified atom stereocenters. The fraction of sp³-hybridized carbons (Fsp3) is 0.250. The SMILES string of the molecule is CC(=O)Cc1cccc(Cc2ncnc3cc(C)c(C)cc23)c1. The summed E-state index contributed by atoms with van der Waals surface area (Å²) in [7, 11) is 0. The van der Waals surface area contributed by atoms with Gasteiger partial charge in [-0.05, 0) is 55.2 Å². The second kappa shape index (κ2) is 6.29. The summed E-state index contributed by atoms with van der Waals surface area (Å²) < 4.78 is 0. The van der Waals surface area contributed by atoms with Crippen LogP contribution in [0.3, 0.4) is 0 Å². The van der Waals surface area contributed by atoms with E-state index in [9.17, 15) is 4.79 Å². The van der Waals surface area contributed by atoms with Crippen LogP contribution in [0, 0.1) is 13.8 Å². The third-order valence-electron chi connectivity index (χ3n) is 4.15. The van der Waals surface area contributed by atoms with Crippen LogP contribution in [0.5, 0.6) is 0 Å². The van der Waals surface area contributed by atoms with Crippen LogP contribution < -0.4 is 0 Å². The lowest BCUT2D eigenvalue weighted by Gasteiger charge is -2.09. The zero-order valence-electron chi connectivity index (χ0n) is 13.8. The molecule has 0 N–H and O–H groups in total. The Morgan fingerprint density at radius 1 is 1.00 bits per heavy atom. The van der Waals surface area contributed by atoms with Crippen LogP contribution in [0.15, 0.2) is 42.7 Å². The molecule has 23 heavy (non-hydrogen) atoms. The van der Waals surface area contributed by atoms with Crippen molar-refractivity contribution < 1.29 is 4.79 Å². The summed E-state index contributed by atoms with van der Waals surface area (Å²) >= 11 is 0. The summed E-state index contributed by atoms with van der Waals surface area (Å²) in [6.07, 6.45) is 2.86. The molecule has 0 radical (unpaired) electrons. The number of aromatic nitrogens is 2. The standard InChI is InChI=1S/C20H20N2O/c1-13-7-18-19(8-14(13)2)21-12-22-20(18)11-17-6-4-5-16(10-17)9-15(3)23/h4-8,10,12H,9,11H2,1-3H3. The molecule has 3 rings (SSSR count). The molecule has 3 nitrogen and oxygen atoms in total. The Morgan fingerprint density at radius 3 is 2.52 bits per heavy atom. The Kier molecular flexibility index (Phi) is 4.20. The van der Waals surface area contributed by atoms with Crippen molar-refractivity contribution in [1.29, 1.82) is 0 Å². The Morgan fingerprint density at radius 2 is 1.74 bits per heavy atom. The molecule has 0 saturated heterocycles. The molecule has 0 saturated carbocycles. The summed E-state index contributed by atoms with van der Waals surface area (Å²) in [5.74, 6) is 0.181. The van der Waals surface area contributed by atoms with E-state index in [4.69, 9.17) is 0 Å². The summed E-state index contributed by atoms with van der Waals surface area (Å²) in [6, 6.07) is 12.5. The highest BCUT2D eigenvalue weighted by Gasteiger charge is 2.08. The molecule has 0 bridgehead atoms. The number of aryl methyl sites for hydroxylation is 2. The Labute approximate surface area is 136 Å². The third kappa shape index (κ3) is 3.45. The predicted octanol–water partition coefficient (Wildman–Crippen LogP) is 3.97. The molecule has 0 atom stereocenters. The maximum atomic E-state index is 11.3. The zero-order valence-corrected chi connectivity index (χ0v) is 13.8. The van der Waals surface area contributed by atoms with Gasteiger partial charge in [0.1, 0.15) is 12.1 Å². The lowest BCUT2D eigenvalue weighted by Crippen LogP contribution is -1.99. The lowest BCUT2D eigenvalue weighted by atomic mass is 9.99. The fourth-order valence-electron chi connectivity index (χ4n) is 2.84. The molecule has 0 aliphatic rings. The Bertz CT molecular complexity index is 884. The molecule has 116 valence electrons. The average Bonchev–Trinajstić information content (AvgIpc) is 2.49. The van der Waals surface area contributed by atoms with Crippen molar-refractivity contribution in [3.8, 4) is 0 Å². The topological polar surface area (TPSA) is 42.9 Å². The van der Waals surface area contributed by atoms with E-state index in [-0.39, 0.29) is 5.78 Å². The van der Waals surface area contributed by atoms with Gasteiger partial charge in [0.15, 0.2) is 0 Å². The molecule has 0 fully saturated rings. The number of carbonyl (C=O) groups excluding carboxylic acids is 1. The van der Waals surface area contributed by atoms with Crippen molar-refractivity contribution in [1.82, 2.24) is 9.97 Å². The minimum absolute atomic E-state index is 0.181. The molecular weight excluding hydrogens is 284 g/mol. The van der Waals surface area contributed by atoms with Gasteiger partial charge in [0, 0.05) is 18.2 Å². The summed E-state index contributed by atoms with van der Waals surface area (Å²) in [5.41, 5.74) is 6.72. The van der Waals surface area contributed by atoms with Gasteiger partial charge in [-0.2, -0.15) is 0 Å². The minimum Gasteiger partial charge on any atom is -0.300 e. The second-order valence-corrected chi connectivity index (χ2v) is 6.15. The number of Topliss-reactive ketones (excluding diaryl/α,β-unsaturated/α-hetero) is 1. The molecule has 3 heteroatoms. The van der Waals surface area contributed by atoms with Gasteiger partial charge in [0.25, 0.3) is 0 Å². The summed E-state index contributed by atoms with van der Waals surface area (Å²) in [5, 5.41) is 1.10. The zero-order chi connectivity index (χ0) is 16.4. The molecular formula is C20H20N2O. The normalized spacial score (nSPS) is 10.9. The highest BCUT2D eigenvalue weighted by Crippen LogP contribution is 2.22. The highest BCUT2D eigenvalue weighted by atomic mass is 16.1. The van der Waals surface area contributed by atoms with Crippen molar-refractivity contribution in [2.75, 3.05) is 0 Å². The smallest absolute Gasteiger partial charge is 0.134 e. The van der Waals surface area contributed by atoms with E-state index in [0.717, 1.165) is 28.6 Å². The highest BCUT2D eigenvalue weighted by molar-refractivity contribution is 5.82. The molecule has 0 aliphatic heterocycles. The fourth-order valence-corrected chi connectivity index (χ4v) is 2.84. The molecule has 2 aromatic carbocycles. The quantitative estimate of drug-likeness (QED) is 0.732. The lowest BCUT2D eigenvalue weighted by molar-refractivity contribution is -0.116. The van der Waals surface area contributed by atoms with Crippen LogP contribution in [0.4, 0.5) is 0 Å². The van der Waals surface area contributed by atoms with Gasteiger partial charge in [-0.15, -0.1) is 0 Å². The van der Waals surface area contributed by atoms with E-state index in [0.29, 0.717) is 6.42 Å². The first-order valence-electron chi connectivity index (χ1n) is 7.81. The van der Waals surface area contributed by atoms with Crippen LogP contribution in [-0.2, 0) is 17.6 Å². The second-order valence-electron chi connectivity index (χ2n) is 6.15. The van der Waals surface area contributed by atoms with Crippen molar-refractivity contribution in [2.24, 2.45) is 0 Å². The van der Waals surface area contributed by atoms with E-state index < -0.39 is 0 Å². The maximum absolute atomic E-state index is 11.3. The summed E-state index contributed by atoms with van der Waals surface area (Å²) in [4.78, 5) is 20.2. The van der Waals surface area contributed by atoms with Crippen LogP contribution in [0.25, 0.3) is 10.9 Å². The van der Waals surface area contributed by atoms with Gasteiger partial charge in [-0.3, -0.25) is 4.79 Å². The van der Waals surface area contributed by atoms with Crippen molar-refractivity contribution in [3.63, 3.8) is 0 Å². The number of rotatable bonds is 4.